The van der Waals surface area contributed by atoms with Crippen molar-refractivity contribution >= 4 is 21.0 Å². The Bertz CT molecular complexity index is 1030. The monoisotopic (exact) mass is 385 g/mol. The number of para-hydroxylation sites is 1. The molecule has 142 valence electrons. The van der Waals surface area contributed by atoms with E-state index < -0.39 is 10.0 Å². The second kappa shape index (κ2) is 7.42. The first-order valence-corrected chi connectivity index (χ1v) is 10.8. The molecule has 0 spiro atoms. The molecule has 27 heavy (non-hydrogen) atoms. The zero-order valence-electron chi connectivity index (χ0n) is 15.3. The van der Waals surface area contributed by atoms with Gasteiger partial charge in [-0.25, -0.2) is 8.42 Å². The van der Waals surface area contributed by atoms with Crippen LogP contribution in [0.1, 0.15) is 29.8 Å². The first kappa shape index (κ1) is 18.2. The molecule has 1 aromatic heterocycles. The van der Waals surface area contributed by atoms with Crippen LogP contribution in [0.3, 0.4) is 0 Å². The molecule has 4 rings (SSSR count). The Balaban J connectivity index is 1.63. The molecule has 1 saturated heterocycles. The van der Waals surface area contributed by atoms with Crippen LogP contribution in [0.2, 0.25) is 0 Å². The molecule has 1 N–H and O–H groups in total. The first-order valence-electron chi connectivity index (χ1n) is 9.21. The molecule has 2 heterocycles. The van der Waals surface area contributed by atoms with E-state index in [-0.39, 0.29) is 11.8 Å². The molecule has 1 aliphatic heterocycles. The fraction of sp³-hybridized carbons (Fsp3) is 0.350. The molecule has 1 fully saturated rings. The summed E-state index contributed by atoms with van der Waals surface area (Å²) in [6, 6.07) is 15.3. The van der Waals surface area contributed by atoms with Gasteiger partial charge in [0, 0.05) is 25.0 Å². The second-order valence-corrected chi connectivity index (χ2v) is 8.73. The Morgan fingerprint density at radius 1 is 1.19 bits per heavy atom. The van der Waals surface area contributed by atoms with Gasteiger partial charge in [-0.05, 0) is 29.7 Å². The zero-order chi connectivity index (χ0) is 18.9. The Labute approximate surface area is 159 Å². The molecule has 0 aliphatic carbocycles. The Morgan fingerprint density at radius 3 is 2.74 bits per heavy atom. The summed E-state index contributed by atoms with van der Waals surface area (Å²) in [6.45, 7) is 3.79. The summed E-state index contributed by atoms with van der Waals surface area (Å²) in [6.07, 6.45) is 0.963. The SMILES string of the molecule is CCc1ccc(C2CNCCN2S(=O)(=O)Cc2noc3ccccc23)cc1. The highest BCUT2D eigenvalue weighted by Gasteiger charge is 2.34. The maximum absolute atomic E-state index is 13.2. The number of rotatable bonds is 5. The third-order valence-corrected chi connectivity index (χ3v) is 6.89. The number of sulfonamides is 1. The standard InChI is InChI=1S/C20H23N3O3S/c1-2-15-7-9-16(10-8-15)19-13-21-11-12-23(19)27(24,25)14-18-17-5-3-4-6-20(17)26-22-18/h3-10,19,21H,2,11-14H2,1H3. The molecule has 6 nitrogen and oxygen atoms in total. The van der Waals surface area contributed by atoms with E-state index in [1.807, 2.05) is 30.3 Å². The van der Waals surface area contributed by atoms with Crippen LogP contribution >= 0.6 is 0 Å². The molecule has 2 aromatic carbocycles. The van der Waals surface area contributed by atoms with Crippen LogP contribution in [0.25, 0.3) is 11.0 Å². The summed E-state index contributed by atoms with van der Waals surface area (Å²) >= 11 is 0. The Kier molecular flexibility index (Phi) is 4.99. The highest BCUT2D eigenvalue weighted by molar-refractivity contribution is 7.88. The van der Waals surface area contributed by atoms with E-state index in [0.29, 0.717) is 30.9 Å². The molecule has 3 aromatic rings. The fourth-order valence-corrected chi connectivity index (χ4v) is 5.25. The number of hydrogen-bond donors (Lipinski definition) is 1. The van der Waals surface area contributed by atoms with Gasteiger partial charge in [0.15, 0.2) is 5.58 Å². The number of piperazine rings is 1. The van der Waals surface area contributed by atoms with Gasteiger partial charge in [-0.15, -0.1) is 0 Å². The van der Waals surface area contributed by atoms with E-state index in [0.717, 1.165) is 17.4 Å². The number of benzene rings is 2. The summed E-state index contributed by atoms with van der Waals surface area (Å²) in [4.78, 5) is 0. The van der Waals surface area contributed by atoms with Crippen LogP contribution in [-0.2, 0) is 22.2 Å². The smallest absolute Gasteiger partial charge is 0.220 e. The van der Waals surface area contributed by atoms with Gasteiger partial charge in [-0.3, -0.25) is 0 Å². The van der Waals surface area contributed by atoms with Crippen molar-refractivity contribution in [2.45, 2.75) is 25.1 Å². The largest absolute Gasteiger partial charge is 0.356 e. The highest BCUT2D eigenvalue weighted by atomic mass is 32.2. The average molecular weight is 385 g/mol. The molecule has 1 atom stereocenters. The predicted molar refractivity (Wildman–Crippen MR) is 105 cm³/mol. The fourth-order valence-electron chi connectivity index (χ4n) is 3.58. The van der Waals surface area contributed by atoms with Gasteiger partial charge in [-0.2, -0.15) is 4.31 Å². The van der Waals surface area contributed by atoms with Gasteiger partial charge in [0.2, 0.25) is 10.0 Å². The number of hydrogen-bond acceptors (Lipinski definition) is 5. The van der Waals surface area contributed by atoms with Crippen molar-refractivity contribution in [1.29, 1.82) is 0 Å². The quantitative estimate of drug-likeness (QED) is 0.731. The molecular formula is C20H23N3O3S. The topological polar surface area (TPSA) is 75.4 Å². The van der Waals surface area contributed by atoms with Gasteiger partial charge in [0.1, 0.15) is 11.4 Å². The lowest BCUT2D eigenvalue weighted by Gasteiger charge is -2.35. The lowest BCUT2D eigenvalue weighted by molar-refractivity contribution is 0.271. The van der Waals surface area contributed by atoms with E-state index in [4.69, 9.17) is 4.52 Å². The van der Waals surface area contributed by atoms with E-state index in [2.05, 4.69) is 29.5 Å². The number of fused-ring (bicyclic) bond motifs is 1. The lowest BCUT2D eigenvalue weighted by Crippen LogP contribution is -2.48. The van der Waals surface area contributed by atoms with Gasteiger partial charge in [0.25, 0.3) is 0 Å². The average Bonchev–Trinajstić information content (AvgIpc) is 3.10. The molecule has 0 radical (unpaired) electrons. The van der Waals surface area contributed by atoms with E-state index >= 15 is 0 Å². The maximum Gasteiger partial charge on any atom is 0.220 e. The highest BCUT2D eigenvalue weighted by Crippen LogP contribution is 2.28. The van der Waals surface area contributed by atoms with E-state index in [1.54, 1.807) is 10.4 Å². The molecule has 1 unspecified atom stereocenters. The van der Waals surface area contributed by atoms with Crippen molar-refractivity contribution < 1.29 is 12.9 Å². The maximum atomic E-state index is 13.2. The van der Waals surface area contributed by atoms with Crippen molar-refractivity contribution in [3.05, 3.63) is 65.4 Å². The second-order valence-electron chi connectivity index (χ2n) is 6.81. The minimum atomic E-state index is -3.54. The molecule has 0 bridgehead atoms. The Hall–Kier alpha value is -2.22. The molecule has 1 aliphatic rings. The summed E-state index contributed by atoms with van der Waals surface area (Å²) in [7, 11) is -3.54. The summed E-state index contributed by atoms with van der Waals surface area (Å²) < 4.78 is 33.3. The molecule has 0 saturated carbocycles. The Morgan fingerprint density at radius 2 is 1.96 bits per heavy atom. The van der Waals surface area contributed by atoms with Crippen LogP contribution < -0.4 is 5.32 Å². The van der Waals surface area contributed by atoms with Crippen molar-refractivity contribution in [3.63, 3.8) is 0 Å². The lowest BCUT2D eigenvalue weighted by atomic mass is 10.0. The summed E-state index contributed by atoms with van der Waals surface area (Å²) in [5.74, 6) is -0.159. The van der Waals surface area contributed by atoms with Crippen molar-refractivity contribution in [2.75, 3.05) is 19.6 Å². The van der Waals surface area contributed by atoms with Gasteiger partial charge in [-0.1, -0.05) is 48.5 Å². The van der Waals surface area contributed by atoms with Crippen LogP contribution in [0.4, 0.5) is 0 Å². The third kappa shape index (κ3) is 3.63. The zero-order valence-corrected chi connectivity index (χ0v) is 16.1. The minimum Gasteiger partial charge on any atom is -0.356 e. The van der Waals surface area contributed by atoms with Gasteiger partial charge >= 0.3 is 0 Å². The van der Waals surface area contributed by atoms with Crippen molar-refractivity contribution in [3.8, 4) is 0 Å². The molecule has 0 amide bonds. The number of nitrogens with one attached hydrogen (secondary N) is 1. The van der Waals surface area contributed by atoms with Crippen LogP contribution in [0.5, 0.6) is 0 Å². The van der Waals surface area contributed by atoms with Gasteiger partial charge in [0.05, 0.1) is 6.04 Å². The number of aromatic nitrogens is 1. The summed E-state index contributed by atoms with van der Waals surface area (Å²) in [5.41, 5.74) is 3.32. The van der Waals surface area contributed by atoms with Crippen molar-refractivity contribution in [2.24, 2.45) is 0 Å². The van der Waals surface area contributed by atoms with E-state index in [9.17, 15) is 8.42 Å². The van der Waals surface area contributed by atoms with Crippen LogP contribution in [0, 0.1) is 0 Å². The van der Waals surface area contributed by atoms with Crippen LogP contribution in [0.15, 0.2) is 53.1 Å². The third-order valence-electron chi connectivity index (χ3n) is 5.10. The van der Waals surface area contributed by atoms with Crippen molar-refractivity contribution in [1.82, 2.24) is 14.8 Å². The van der Waals surface area contributed by atoms with Gasteiger partial charge < -0.3 is 9.84 Å². The first-order chi connectivity index (χ1) is 13.1. The molecule has 7 heteroatoms. The molecular weight excluding hydrogens is 362 g/mol. The predicted octanol–water partition coefficient (Wildman–Crippen LogP) is 2.87. The number of nitrogens with zero attached hydrogens (tertiary/aromatic N) is 2. The number of aryl methyl sites for hydroxylation is 1. The van der Waals surface area contributed by atoms with E-state index in [1.165, 1.54) is 5.56 Å². The van der Waals surface area contributed by atoms with Crippen LogP contribution in [-0.4, -0.2) is 37.5 Å². The summed E-state index contributed by atoms with van der Waals surface area (Å²) in [5, 5.41) is 8.06. The minimum absolute atomic E-state index is 0.159. The normalized spacial score (nSPS) is 18.8.